The van der Waals surface area contributed by atoms with E-state index in [4.69, 9.17) is 21.1 Å². The minimum Gasteiger partial charge on any atom is -0.427 e. The maximum Gasteiger partial charge on any atom is 0.312 e. The number of rotatable bonds is 4. The molecular formula is C13H32O2Si3. The highest BCUT2D eigenvalue weighted by molar-refractivity contribution is 6.92. The van der Waals surface area contributed by atoms with Crippen molar-refractivity contribution in [2.24, 2.45) is 0 Å². The first kappa shape index (κ1) is 26.3. The van der Waals surface area contributed by atoms with Gasteiger partial charge in [0, 0.05) is 0 Å². The normalized spacial score (nSPS) is 10.9. The van der Waals surface area contributed by atoms with Crippen molar-refractivity contribution in [3.8, 4) is 23.9 Å². The van der Waals surface area contributed by atoms with Crippen LogP contribution in [0.5, 0.6) is 0 Å². The van der Waals surface area contributed by atoms with Gasteiger partial charge >= 0.3 is 8.56 Å². The first-order valence-corrected chi connectivity index (χ1v) is 13.5. The van der Waals surface area contributed by atoms with E-state index in [0.29, 0.717) is 0 Å². The van der Waals surface area contributed by atoms with Crippen molar-refractivity contribution in [2.75, 3.05) is 0 Å². The van der Waals surface area contributed by atoms with Gasteiger partial charge in [-0.05, 0) is 39.3 Å². The zero-order chi connectivity index (χ0) is 12.3. The molecule has 0 saturated heterocycles. The summed E-state index contributed by atoms with van der Waals surface area (Å²) in [5.74, 6) is 0. The number of hydrogen-bond acceptors (Lipinski definition) is 2. The summed E-state index contributed by atoms with van der Waals surface area (Å²) < 4.78 is 11.9. The zero-order valence-electron chi connectivity index (χ0n) is 10.5. The Morgan fingerprint density at radius 3 is 1.06 bits per heavy atom. The molecule has 0 heterocycles. The molecule has 0 N–H and O–H groups in total. The van der Waals surface area contributed by atoms with Crippen LogP contribution in [0.4, 0.5) is 0 Å². The van der Waals surface area contributed by atoms with Gasteiger partial charge in [-0.2, -0.15) is 0 Å². The molecule has 0 fully saturated rings. The second kappa shape index (κ2) is 8.73. The molecule has 18 heavy (non-hydrogen) atoms. The zero-order valence-corrected chi connectivity index (χ0v) is 13.5. The molecule has 0 aromatic heterocycles. The quantitative estimate of drug-likeness (QED) is 0.566. The maximum atomic E-state index is 5.97. The van der Waals surface area contributed by atoms with Crippen LogP contribution in [0.25, 0.3) is 0 Å². The van der Waals surface area contributed by atoms with Gasteiger partial charge in [-0.25, -0.2) is 0 Å². The minimum atomic E-state index is -2.18. The molecule has 0 aliphatic carbocycles. The molecule has 0 radical (unpaired) electrons. The lowest BCUT2D eigenvalue weighted by Crippen LogP contribution is -2.51. The van der Waals surface area contributed by atoms with Crippen molar-refractivity contribution in [1.82, 2.24) is 0 Å². The van der Waals surface area contributed by atoms with E-state index in [2.05, 4.69) is 11.1 Å². The molecule has 2 nitrogen and oxygen atoms in total. The standard InChI is InChI=1S/C10H20O2Si3.3CH4/c1-9-13(3,4)11-15(7,8)12-14(5,6)10-2;;;/h1-2H,3-8H3;3*1H4. The summed E-state index contributed by atoms with van der Waals surface area (Å²) in [6.07, 6.45) is 10.9. The monoisotopic (exact) mass is 304 g/mol. The first-order valence-electron chi connectivity index (χ1n) is 4.89. The molecule has 0 rings (SSSR count). The van der Waals surface area contributed by atoms with Gasteiger partial charge in [0.05, 0.1) is 0 Å². The van der Waals surface area contributed by atoms with Crippen LogP contribution in [-0.4, -0.2) is 25.2 Å². The van der Waals surface area contributed by atoms with E-state index in [1.807, 2.05) is 39.3 Å². The lowest BCUT2D eigenvalue weighted by Gasteiger charge is -2.34. The van der Waals surface area contributed by atoms with Gasteiger partial charge in [0.15, 0.2) is 0 Å². The molecule has 0 aromatic rings. The van der Waals surface area contributed by atoms with Crippen LogP contribution in [0.15, 0.2) is 0 Å². The molecule has 108 valence electrons. The van der Waals surface area contributed by atoms with Crippen LogP contribution in [-0.2, 0) is 8.23 Å². The lowest BCUT2D eigenvalue weighted by atomic mass is 11.4. The van der Waals surface area contributed by atoms with Gasteiger partial charge in [0.1, 0.15) is 0 Å². The number of hydrogen-bond donors (Lipinski definition) is 0. The summed E-state index contributed by atoms with van der Waals surface area (Å²) >= 11 is 0. The molecule has 0 aromatic carbocycles. The van der Waals surface area contributed by atoms with Crippen LogP contribution < -0.4 is 0 Å². The van der Waals surface area contributed by atoms with E-state index in [-0.39, 0.29) is 22.3 Å². The van der Waals surface area contributed by atoms with E-state index in [0.717, 1.165) is 0 Å². The largest absolute Gasteiger partial charge is 0.427 e. The highest BCUT2D eigenvalue weighted by atomic mass is 28.5. The molecule has 0 spiro atoms. The topological polar surface area (TPSA) is 18.5 Å². The Bertz CT molecular complexity index is 279. The lowest BCUT2D eigenvalue weighted by molar-refractivity contribution is 0.402. The highest BCUT2D eigenvalue weighted by Gasteiger charge is 2.38. The predicted molar refractivity (Wildman–Crippen MR) is 92.5 cm³/mol. The third-order valence-corrected chi connectivity index (χ3v) is 11.1. The van der Waals surface area contributed by atoms with E-state index < -0.39 is 25.2 Å². The van der Waals surface area contributed by atoms with Gasteiger partial charge < -0.3 is 8.23 Å². The highest BCUT2D eigenvalue weighted by Crippen LogP contribution is 2.19. The summed E-state index contributed by atoms with van der Waals surface area (Å²) in [6, 6.07) is 0. The van der Waals surface area contributed by atoms with Crippen molar-refractivity contribution in [3.05, 3.63) is 0 Å². The molecule has 0 bridgehead atoms. The predicted octanol–water partition coefficient (Wildman–Crippen LogP) is 4.38. The van der Waals surface area contributed by atoms with Crippen molar-refractivity contribution in [2.45, 2.75) is 61.6 Å². The van der Waals surface area contributed by atoms with Crippen molar-refractivity contribution < 1.29 is 8.23 Å². The summed E-state index contributed by atoms with van der Waals surface area (Å²) in [5.41, 5.74) is 5.47. The molecule has 5 heteroatoms. The van der Waals surface area contributed by atoms with Gasteiger partial charge in [-0.1, -0.05) is 22.3 Å². The van der Waals surface area contributed by atoms with Crippen LogP contribution >= 0.6 is 0 Å². The Balaban J connectivity index is -0.000000327. The summed E-state index contributed by atoms with van der Waals surface area (Å²) in [5, 5.41) is 0. The fourth-order valence-electron chi connectivity index (χ4n) is 1.31. The van der Waals surface area contributed by atoms with Gasteiger partial charge in [-0.15, -0.1) is 23.9 Å². The van der Waals surface area contributed by atoms with Crippen LogP contribution in [0, 0.1) is 23.9 Å². The van der Waals surface area contributed by atoms with Crippen molar-refractivity contribution >= 4 is 25.2 Å². The summed E-state index contributed by atoms with van der Waals surface area (Å²) in [4.78, 5) is 0. The summed E-state index contributed by atoms with van der Waals surface area (Å²) in [7, 11) is -6.19. The van der Waals surface area contributed by atoms with Crippen molar-refractivity contribution in [3.63, 3.8) is 0 Å². The Labute approximate surface area is 119 Å². The average Bonchev–Trinajstić information content (AvgIpc) is 2.00. The molecule has 0 unspecified atom stereocenters. The second-order valence-electron chi connectivity index (χ2n) is 4.91. The van der Waals surface area contributed by atoms with Crippen molar-refractivity contribution in [1.29, 1.82) is 0 Å². The number of terminal acetylenes is 2. The maximum absolute atomic E-state index is 5.97. The smallest absolute Gasteiger partial charge is 0.312 e. The van der Waals surface area contributed by atoms with Crippen LogP contribution in [0.1, 0.15) is 22.3 Å². The molecule has 0 aliphatic rings. The van der Waals surface area contributed by atoms with E-state index >= 15 is 0 Å². The molecule has 0 saturated carbocycles. The molecule has 0 atom stereocenters. The third-order valence-electron chi connectivity index (χ3n) is 1.70. The Kier molecular flexibility index (Phi) is 12.8. The minimum absolute atomic E-state index is 0. The SMILES string of the molecule is C.C.C.C#C[Si](C)(C)O[Si](C)(C)O[Si](C)(C)C#C. The average molecular weight is 305 g/mol. The van der Waals surface area contributed by atoms with Crippen LogP contribution in [0.2, 0.25) is 39.3 Å². The second-order valence-corrected chi connectivity index (χ2v) is 16.0. The van der Waals surface area contributed by atoms with Crippen LogP contribution in [0.3, 0.4) is 0 Å². The van der Waals surface area contributed by atoms with Gasteiger partial charge in [0.2, 0.25) is 0 Å². The van der Waals surface area contributed by atoms with E-state index in [1.165, 1.54) is 0 Å². The van der Waals surface area contributed by atoms with E-state index in [1.54, 1.807) is 0 Å². The first-order chi connectivity index (χ1) is 6.54. The molecule has 0 aliphatic heterocycles. The summed E-state index contributed by atoms with van der Waals surface area (Å²) in [6.45, 7) is 12.0. The molecule has 0 amide bonds. The fourth-order valence-corrected chi connectivity index (χ4v) is 12.2. The Morgan fingerprint density at radius 1 is 0.667 bits per heavy atom. The van der Waals surface area contributed by atoms with E-state index in [9.17, 15) is 0 Å². The Hall–Kier alpha value is -0.309. The fraction of sp³-hybridized carbons (Fsp3) is 0.692. The third kappa shape index (κ3) is 10.8. The Morgan fingerprint density at radius 2 is 0.889 bits per heavy atom. The van der Waals surface area contributed by atoms with Gasteiger partial charge in [0.25, 0.3) is 16.6 Å². The van der Waals surface area contributed by atoms with Gasteiger partial charge in [-0.3, -0.25) is 0 Å². The molecular weight excluding hydrogens is 272 g/mol.